The number of aryl methyl sites for hydroxylation is 1. The van der Waals surface area contributed by atoms with Crippen molar-refractivity contribution in [1.82, 2.24) is 15.3 Å². The SMILES string of the molecule is Cc1ncc(-c2cccc(C(=O)N[C@@H]3CS(=O)(=O)C[C@H]3O)c2)[nH]1. The first-order valence-corrected chi connectivity index (χ1v) is 8.97. The Kier molecular flexibility index (Phi) is 3.95. The predicted octanol–water partition coefficient (Wildman–Crippen LogP) is 0.273. The van der Waals surface area contributed by atoms with E-state index in [1.807, 2.05) is 13.0 Å². The number of aromatic amines is 1. The van der Waals surface area contributed by atoms with Gasteiger partial charge in [0.1, 0.15) is 5.82 Å². The van der Waals surface area contributed by atoms with E-state index in [0.717, 1.165) is 17.1 Å². The van der Waals surface area contributed by atoms with Gasteiger partial charge in [-0.25, -0.2) is 13.4 Å². The third-order valence-electron chi connectivity index (χ3n) is 3.78. The van der Waals surface area contributed by atoms with E-state index in [9.17, 15) is 18.3 Å². The first kappa shape index (κ1) is 15.7. The summed E-state index contributed by atoms with van der Waals surface area (Å²) in [4.78, 5) is 19.5. The molecule has 1 aromatic carbocycles. The molecule has 0 radical (unpaired) electrons. The summed E-state index contributed by atoms with van der Waals surface area (Å²) >= 11 is 0. The molecule has 0 saturated carbocycles. The van der Waals surface area contributed by atoms with Crippen molar-refractivity contribution in [2.24, 2.45) is 0 Å². The summed E-state index contributed by atoms with van der Waals surface area (Å²) in [6.45, 7) is 1.84. The number of carbonyl (C=O) groups excluding carboxylic acids is 1. The normalized spacial score (nSPS) is 22.9. The van der Waals surface area contributed by atoms with Gasteiger partial charge in [0, 0.05) is 11.1 Å². The number of imidazole rings is 1. The Bertz CT molecular complexity index is 844. The Labute approximate surface area is 133 Å². The summed E-state index contributed by atoms with van der Waals surface area (Å²) < 4.78 is 23.0. The Morgan fingerprint density at radius 2 is 2.17 bits per heavy atom. The number of H-pyrrole nitrogens is 1. The molecule has 2 aromatic rings. The lowest BCUT2D eigenvalue weighted by molar-refractivity contribution is 0.0889. The van der Waals surface area contributed by atoms with E-state index in [1.54, 1.807) is 24.4 Å². The van der Waals surface area contributed by atoms with Gasteiger partial charge in [0.25, 0.3) is 5.91 Å². The fourth-order valence-corrected chi connectivity index (χ4v) is 4.36. The molecule has 0 aliphatic carbocycles. The zero-order valence-electron chi connectivity index (χ0n) is 12.5. The van der Waals surface area contributed by atoms with E-state index in [1.165, 1.54) is 0 Å². The van der Waals surface area contributed by atoms with Gasteiger partial charge in [-0.05, 0) is 19.1 Å². The Hall–Kier alpha value is -2.19. The lowest BCUT2D eigenvalue weighted by Gasteiger charge is -2.15. The number of hydrogen-bond donors (Lipinski definition) is 3. The maximum atomic E-state index is 12.3. The minimum absolute atomic E-state index is 0.237. The first-order chi connectivity index (χ1) is 10.8. The van der Waals surface area contributed by atoms with E-state index < -0.39 is 27.9 Å². The lowest BCUT2D eigenvalue weighted by atomic mass is 10.1. The number of carbonyl (C=O) groups is 1. The second-order valence-electron chi connectivity index (χ2n) is 5.69. The van der Waals surface area contributed by atoms with Crippen LogP contribution < -0.4 is 5.32 Å². The molecular formula is C15H17N3O4S. The van der Waals surface area contributed by atoms with Crippen molar-refractivity contribution in [3.05, 3.63) is 41.9 Å². The molecule has 0 bridgehead atoms. The van der Waals surface area contributed by atoms with Gasteiger partial charge < -0.3 is 15.4 Å². The Morgan fingerprint density at radius 3 is 2.78 bits per heavy atom. The quantitative estimate of drug-likeness (QED) is 0.745. The highest BCUT2D eigenvalue weighted by molar-refractivity contribution is 7.91. The smallest absolute Gasteiger partial charge is 0.251 e. The molecule has 2 atom stereocenters. The average Bonchev–Trinajstić information content (AvgIpc) is 3.02. The second kappa shape index (κ2) is 5.78. The van der Waals surface area contributed by atoms with Crippen molar-refractivity contribution in [1.29, 1.82) is 0 Å². The van der Waals surface area contributed by atoms with Crippen LogP contribution in [0, 0.1) is 6.92 Å². The topological polar surface area (TPSA) is 112 Å². The van der Waals surface area contributed by atoms with Crippen LogP contribution in [0.25, 0.3) is 11.3 Å². The number of benzene rings is 1. The molecule has 7 nitrogen and oxygen atoms in total. The van der Waals surface area contributed by atoms with E-state index in [0.29, 0.717) is 5.56 Å². The summed E-state index contributed by atoms with van der Waals surface area (Å²) in [6.07, 6.45) is 0.613. The number of aliphatic hydroxyl groups is 1. The van der Waals surface area contributed by atoms with Gasteiger partial charge in [0.15, 0.2) is 9.84 Å². The molecule has 1 saturated heterocycles. The number of amides is 1. The Balaban J connectivity index is 1.78. The van der Waals surface area contributed by atoms with Gasteiger partial charge in [-0.1, -0.05) is 12.1 Å². The number of aliphatic hydroxyl groups excluding tert-OH is 1. The molecule has 122 valence electrons. The summed E-state index contributed by atoms with van der Waals surface area (Å²) in [7, 11) is -3.30. The van der Waals surface area contributed by atoms with Crippen molar-refractivity contribution >= 4 is 15.7 Å². The zero-order valence-corrected chi connectivity index (χ0v) is 13.3. The van der Waals surface area contributed by atoms with Crippen LogP contribution in [-0.4, -0.2) is 53.1 Å². The van der Waals surface area contributed by atoms with E-state index in [-0.39, 0.29) is 11.5 Å². The molecular weight excluding hydrogens is 318 g/mol. The van der Waals surface area contributed by atoms with Gasteiger partial charge in [0.05, 0.1) is 35.5 Å². The van der Waals surface area contributed by atoms with Crippen LogP contribution >= 0.6 is 0 Å². The number of nitrogens with zero attached hydrogens (tertiary/aromatic N) is 1. The molecule has 0 spiro atoms. The molecule has 1 aliphatic rings. The molecule has 3 N–H and O–H groups in total. The minimum Gasteiger partial charge on any atom is -0.390 e. The Morgan fingerprint density at radius 1 is 1.39 bits per heavy atom. The highest BCUT2D eigenvalue weighted by atomic mass is 32.2. The number of rotatable bonds is 3. The summed E-state index contributed by atoms with van der Waals surface area (Å²) in [6, 6.07) is 6.14. The van der Waals surface area contributed by atoms with Crippen LogP contribution in [0.15, 0.2) is 30.5 Å². The molecule has 0 unspecified atom stereocenters. The van der Waals surface area contributed by atoms with Crippen LogP contribution in [0.1, 0.15) is 16.2 Å². The molecule has 1 fully saturated rings. The highest BCUT2D eigenvalue weighted by Crippen LogP contribution is 2.19. The fraction of sp³-hybridized carbons (Fsp3) is 0.333. The van der Waals surface area contributed by atoms with Crippen molar-refractivity contribution in [2.75, 3.05) is 11.5 Å². The van der Waals surface area contributed by atoms with Crippen LogP contribution in [0.3, 0.4) is 0 Å². The zero-order chi connectivity index (χ0) is 16.6. The largest absolute Gasteiger partial charge is 0.390 e. The molecule has 1 amide bonds. The maximum absolute atomic E-state index is 12.3. The van der Waals surface area contributed by atoms with Crippen molar-refractivity contribution in [3.8, 4) is 11.3 Å². The van der Waals surface area contributed by atoms with E-state index in [4.69, 9.17) is 0 Å². The van der Waals surface area contributed by atoms with Crippen LogP contribution in [0.2, 0.25) is 0 Å². The third kappa shape index (κ3) is 3.43. The van der Waals surface area contributed by atoms with Crippen molar-refractivity contribution < 1.29 is 18.3 Å². The minimum atomic E-state index is -3.30. The number of aromatic nitrogens is 2. The molecule has 3 rings (SSSR count). The lowest BCUT2D eigenvalue weighted by Crippen LogP contribution is -2.42. The van der Waals surface area contributed by atoms with E-state index in [2.05, 4.69) is 15.3 Å². The van der Waals surface area contributed by atoms with Gasteiger partial charge in [-0.15, -0.1) is 0 Å². The first-order valence-electron chi connectivity index (χ1n) is 7.15. The number of sulfone groups is 1. The highest BCUT2D eigenvalue weighted by Gasteiger charge is 2.37. The van der Waals surface area contributed by atoms with Gasteiger partial charge in [0.2, 0.25) is 0 Å². The van der Waals surface area contributed by atoms with Gasteiger partial charge in [-0.2, -0.15) is 0 Å². The van der Waals surface area contributed by atoms with Crippen molar-refractivity contribution in [2.45, 2.75) is 19.1 Å². The standard InChI is InChI=1S/C15H17N3O4S/c1-9-16-6-12(17-9)10-3-2-4-11(5-10)15(20)18-13-7-23(21,22)8-14(13)19/h2-6,13-14,19H,7-8H2,1H3,(H,16,17)(H,18,20)/t13-,14-/m1/s1. The molecule has 23 heavy (non-hydrogen) atoms. The molecule has 8 heteroatoms. The predicted molar refractivity (Wildman–Crippen MR) is 84.7 cm³/mol. The van der Waals surface area contributed by atoms with Crippen molar-refractivity contribution in [3.63, 3.8) is 0 Å². The average molecular weight is 335 g/mol. The molecule has 1 aromatic heterocycles. The van der Waals surface area contributed by atoms with Crippen LogP contribution in [0.5, 0.6) is 0 Å². The van der Waals surface area contributed by atoms with Gasteiger partial charge >= 0.3 is 0 Å². The monoisotopic (exact) mass is 335 g/mol. The van der Waals surface area contributed by atoms with E-state index >= 15 is 0 Å². The fourth-order valence-electron chi connectivity index (χ4n) is 2.61. The summed E-state index contributed by atoms with van der Waals surface area (Å²) in [5, 5.41) is 12.3. The third-order valence-corrected chi connectivity index (χ3v) is 5.49. The van der Waals surface area contributed by atoms with Crippen LogP contribution in [0.4, 0.5) is 0 Å². The maximum Gasteiger partial charge on any atom is 0.251 e. The summed E-state index contributed by atoms with van der Waals surface area (Å²) in [5.41, 5.74) is 1.99. The molecule has 2 heterocycles. The number of nitrogens with one attached hydrogen (secondary N) is 2. The van der Waals surface area contributed by atoms with Gasteiger partial charge in [-0.3, -0.25) is 4.79 Å². The number of hydrogen-bond acceptors (Lipinski definition) is 5. The second-order valence-corrected chi connectivity index (χ2v) is 7.84. The molecule has 1 aliphatic heterocycles. The summed E-state index contributed by atoms with van der Waals surface area (Å²) in [5.74, 6) is -0.191. The van der Waals surface area contributed by atoms with Crippen LogP contribution in [-0.2, 0) is 9.84 Å².